The third kappa shape index (κ3) is 5.43. The number of carbonyl (C=O) groups is 1. The number of amides is 1. The lowest BCUT2D eigenvalue weighted by Crippen LogP contribution is -2.55. The molecule has 0 aromatic heterocycles. The van der Waals surface area contributed by atoms with Gasteiger partial charge in [0.15, 0.2) is 0 Å². The summed E-state index contributed by atoms with van der Waals surface area (Å²) in [6.07, 6.45) is -4.52. The van der Waals surface area contributed by atoms with Crippen LogP contribution in [0, 0.1) is 0 Å². The van der Waals surface area contributed by atoms with Crippen LogP contribution in [-0.4, -0.2) is 75.1 Å². The molecule has 1 unspecified atom stereocenters. The molecular formula is C28H35F4N5O2. The van der Waals surface area contributed by atoms with E-state index < -0.39 is 23.8 Å². The van der Waals surface area contributed by atoms with Crippen molar-refractivity contribution in [2.45, 2.75) is 49.9 Å². The van der Waals surface area contributed by atoms with Crippen LogP contribution in [0.25, 0.3) is 0 Å². The van der Waals surface area contributed by atoms with Gasteiger partial charge in [-0.1, -0.05) is 12.1 Å². The van der Waals surface area contributed by atoms with E-state index >= 15 is 0 Å². The molecule has 0 saturated carbocycles. The summed E-state index contributed by atoms with van der Waals surface area (Å²) in [6.45, 7) is 2.05. The summed E-state index contributed by atoms with van der Waals surface area (Å²) in [5.41, 5.74) is 6.65. The topological polar surface area (TPSA) is 74.1 Å². The van der Waals surface area contributed by atoms with Crippen molar-refractivity contribution in [3.05, 3.63) is 64.2 Å². The van der Waals surface area contributed by atoms with E-state index in [0.29, 0.717) is 50.5 Å². The minimum atomic E-state index is -4.61. The molecule has 7 nitrogen and oxygen atoms in total. The Morgan fingerprint density at radius 3 is 2.62 bits per heavy atom. The van der Waals surface area contributed by atoms with Crippen molar-refractivity contribution in [2.24, 2.45) is 5.73 Å². The Balaban J connectivity index is 1.44. The summed E-state index contributed by atoms with van der Waals surface area (Å²) in [5.74, 6) is -0.464. The van der Waals surface area contributed by atoms with Crippen LogP contribution in [-0.2, 0) is 29.4 Å². The van der Waals surface area contributed by atoms with Crippen LogP contribution in [0.1, 0.15) is 45.5 Å². The summed E-state index contributed by atoms with van der Waals surface area (Å²) in [7, 11) is 3.80. The largest absolute Gasteiger partial charge is 0.416 e. The number of benzene rings is 2. The molecule has 2 atom stereocenters. The zero-order valence-electron chi connectivity index (χ0n) is 22.2. The maximum atomic E-state index is 14.1. The Morgan fingerprint density at radius 2 is 2.03 bits per heavy atom. The van der Waals surface area contributed by atoms with Crippen molar-refractivity contribution in [3.8, 4) is 0 Å². The second-order valence-corrected chi connectivity index (χ2v) is 11.0. The monoisotopic (exact) mass is 549 g/mol. The zero-order valence-corrected chi connectivity index (χ0v) is 22.2. The number of nitrogens with two attached hydrogens (primary N) is 1. The number of alkyl halides is 4. The lowest BCUT2D eigenvalue weighted by molar-refractivity contribution is -0.138. The molecule has 2 aromatic rings. The molecule has 1 amide bonds. The van der Waals surface area contributed by atoms with E-state index in [4.69, 9.17) is 10.5 Å². The average molecular weight is 550 g/mol. The Morgan fingerprint density at radius 1 is 1.26 bits per heavy atom. The number of carbonyl (C=O) groups excluding carboxylic acids is 1. The first-order valence-corrected chi connectivity index (χ1v) is 13.2. The van der Waals surface area contributed by atoms with Gasteiger partial charge in [0.05, 0.1) is 31.5 Å². The number of rotatable bonds is 9. The third-order valence-electron chi connectivity index (χ3n) is 8.29. The number of nitrogens with one attached hydrogen (secondary N) is 1. The number of anilines is 1. The lowest BCUT2D eigenvalue weighted by Gasteiger charge is -2.45. The number of likely N-dealkylation sites (tertiary alicyclic amines) is 1. The smallest absolute Gasteiger partial charge is 0.379 e. The number of halogens is 4. The highest BCUT2D eigenvalue weighted by Crippen LogP contribution is 2.42. The molecule has 3 heterocycles. The van der Waals surface area contributed by atoms with Gasteiger partial charge in [0.2, 0.25) is 0 Å². The minimum Gasteiger partial charge on any atom is -0.379 e. The average Bonchev–Trinajstić information content (AvgIpc) is 3.44. The van der Waals surface area contributed by atoms with Crippen molar-refractivity contribution in [1.82, 2.24) is 15.1 Å². The van der Waals surface area contributed by atoms with E-state index in [1.807, 2.05) is 37.2 Å². The number of ether oxygens (including phenoxy) is 1. The van der Waals surface area contributed by atoms with Crippen molar-refractivity contribution in [3.63, 3.8) is 0 Å². The fourth-order valence-electron chi connectivity index (χ4n) is 5.94. The van der Waals surface area contributed by atoms with E-state index in [9.17, 15) is 22.4 Å². The normalized spacial score (nSPS) is 21.9. The second-order valence-electron chi connectivity index (χ2n) is 11.0. The summed E-state index contributed by atoms with van der Waals surface area (Å²) in [4.78, 5) is 18.7. The van der Waals surface area contributed by atoms with Crippen molar-refractivity contribution in [2.75, 3.05) is 52.0 Å². The van der Waals surface area contributed by atoms with Gasteiger partial charge in [-0.3, -0.25) is 14.6 Å². The maximum absolute atomic E-state index is 14.1. The molecule has 0 aliphatic carbocycles. The lowest BCUT2D eigenvalue weighted by atomic mass is 9.74. The molecule has 2 fully saturated rings. The van der Waals surface area contributed by atoms with Crippen molar-refractivity contribution >= 4 is 11.6 Å². The quantitative estimate of drug-likeness (QED) is 0.369. The summed E-state index contributed by atoms with van der Waals surface area (Å²) >= 11 is 0. The molecule has 212 valence electrons. The molecule has 5 rings (SSSR count). The van der Waals surface area contributed by atoms with Crippen LogP contribution >= 0.6 is 0 Å². The van der Waals surface area contributed by atoms with Crippen LogP contribution in [0.3, 0.4) is 0 Å². The van der Waals surface area contributed by atoms with Crippen LogP contribution in [0.5, 0.6) is 0 Å². The first kappa shape index (κ1) is 28.0. The SMILES string of the molecule is CNC(CC1(c2cccc(N3Cc4c(cc(CN5CC[C@@H](F)C5)cc4C(F)(F)F)C3=O)c2)COC1)N(C)CN. The van der Waals surface area contributed by atoms with Gasteiger partial charge in [0.25, 0.3) is 5.91 Å². The van der Waals surface area contributed by atoms with Gasteiger partial charge in [-0.2, -0.15) is 13.2 Å². The van der Waals surface area contributed by atoms with Crippen LogP contribution < -0.4 is 16.0 Å². The Hall–Kier alpha value is -2.57. The Labute approximate surface area is 225 Å². The number of fused-ring (bicyclic) bond motifs is 1. The van der Waals surface area contributed by atoms with Crippen molar-refractivity contribution in [1.29, 1.82) is 0 Å². The molecule has 11 heteroatoms. The minimum absolute atomic E-state index is 0.00345. The van der Waals surface area contributed by atoms with E-state index in [1.54, 1.807) is 17.0 Å². The molecule has 0 spiro atoms. The Kier molecular flexibility index (Phi) is 7.73. The second kappa shape index (κ2) is 10.8. The van der Waals surface area contributed by atoms with E-state index in [1.165, 1.54) is 4.90 Å². The van der Waals surface area contributed by atoms with Crippen molar-refractivity contribution < 1.29 is 27.1 Å². The van der Waals surface area contributed by atoms with Gasteiger partial charge < -0.3 is 20.7 Å². The fourth-order valence-corrected chi connectivity index (χ4v) is 5.94. The molecule has 2 saturated heterocycles. The van der Waals surface area contributed by atoms with Gasteiger partial charge in [-0.05, 0) is 67.9 Å². The van der Waals surface area contributed by atoms with Crippen LogP contribution in [0.15, 0.2) is 36.4 Å². The van der Waals surface area contributed by atoms with Gasteiger partial charge in [-0.25, -0.2) is 4.39 Å². The van der Waals surface area contributed by atoms with Crippen LogP contribution in [0.4, 0.5) is 23.2 Å². The van der Waals surface area contributed by atoms with Gasteiger partial charge in [0, 0.05) is 43.0 Å². The highest BCUT2D eigenvalue weighted by atomic mass is 19.4. The van der Waals surface area contributed by atoms with E-state index in [2.05, 4.69) is 5.32 Å². The fraction of sp³-hybridized carbons (Fsp3) is 0.536. The summed E-state index contributed by atoms with van der Waals surface area (Å²) in [6, 6.07) is 10.1. The molecule has 3 aliphatic rings. The first-order valence-electron chi connectivity index (χ1n) is 13.2. The zero-order chi connectivity index (χ0) is 27.9. The standard InChI is InChI=1S/C28H35F4N5O2/c1-34-25(35(2)17-33)11-27(15-39-16-27)19-4-3-5-21(10-19)37-14-23-22(26(37)38)8-18(9-24(23)28(30,31)32)12-36-7-6-20(29)13-36/h3-5,8-10,20,25,34H,6-7,11-17,33H2,1-2H3/t20-,25?/m1/s1. The molecular weight excluding hydrogens is 514 g/mol. The van der Waals surface area contributed by atoms with Crippen LogP contribution in [0.2, 0.25) is 0 Å². The van der Waals surface area contributed by atoms with Gasteiger partial charge >= 0.3 is 6.18 Å². The molecule has 0 radical (unpaired) electrons. The predicted octanol–water partition coefficient (Wildman–Crippen LogP) is 3.46. The van der Waals surface area contributed by atoms with E-state index in [0.717, 1.165) is 11.6 Å². The predicted molar refractivity (Wildman–Crippen MR) is 140 cm³/mol. The highest BCUT2D eigenvalue weighted by molar-refractivity contribution is 6.10. The van der Waals surface area contributed by atoms with E-state index in [-0.39, 0.29) is 42.3 Å². The summed E-state index contributed by atoms with van der Waals surface area (Å²) in [5, 5.41) is 3.28. The van der Waals surface area contributed by atoms with Gasteiger partial charge in [-0.15, -0.1) is 0 Å². The molecule has 3 N–H and O–H groups in total. The molecule has 39 heavy (non-hydrogen) atoms. The maximum Gasteiger partial charge on any atom is 0.416 e. The first-order chi connectivity index (χ1) is 18.5. The molecule has 3 aliphatic heterocycles. The highest BCUT2D eigenvalue weighted by Gasteiger charge is 2.44. The number of hydrogen-bond donors (Lipinski definition) is 2. The number of hydrogen-bond acceptors (Lipinski definition) is 6. The molecule has 2 aromatic carbocycles. The summed E-state index contributed by atoms with van der Waals surface area (Å²) < 4.78 is 61.7. The Bertz CT molecular complexity index is 1220. The number of nitrogens with zero attached hydrogens (tertiary/aromatic N) is 3. The molecule has 0 bridgehead atoms. The third-order valence-corrected chi connectivity index (χ3v) is 8.29. The van der Waals surface area contributed by atoms with Gasteiger partial charge in [0.1, 0.15) is 6.17 Å².